The Morgan fingerprint density at radius 1 is 1.06 bits per heavy atom. The summed E-state index contributed by atoms with van der Waals surface area (Å²) in [7, 11) is 1.47. The van der Waals surface area contributed by atoms with Gasteiger partial charge in [-0.3, -0.25) is 9.69 Å². The molecular weight excluding hydrogens is 540 g/mol. The largest absolute Gasteiger partial charge is 0.493 e. The van der Waals surface area contributed by atoms with Gasteiger partial charge in [0, 0.05) is 21.7 Å². The standard InChI is InChI=1S/C26H22BrF2NO6/c1-14-25(16-10-19(28)12-20(29)11-16)36-26(33)30(14)13-17-9-18(27)4-6-21(17)35-23-7-15(8-24(31)32)3-5-22(23)34-2/h3-7,9-12,14,25H,8,13H2,1-2H3,(H,31,32)/t14-,25-/m1/s1. The van der Waals surface area contributed by atoms with Gasteiger partial charge < -0.3 is 19.3 Å². The first kappa shape index (κ1) is 25.4. The average molecular weight is 562 g/mol. The van der Waals surface area contributed by atoms with Crippen molar-refractivity contribution >= 4 is 28.0 Å². The number of rotatable bonds is 8. The van der Waals surface area contributed by atoms with Crippen LogP contribution in [0, 0.1) is 11.6 Å². The second kappa shape index (κ2) is 10.5. The highest BCUT2D eigenvalue weighted by Crippen LogP contribution is 2.38. The Kier molecular flexibility index (Phi) is 7.44. The summed E-state index contributed by atoms with van der Waals surface area (Å²) in [6.45, 7) is 1.81. The number of hydrogen-bond acceptors (Lipinski definition) is 5. The number of nitrogens with zero attached hydrogens (tertiary/aromatic N) is 1. The van der Waals surface area contributed by atoms with Gasteiger partial charge in [0.15, 0.2) is 11.5 Å². The van der Waals surface area contributed by atoms with E-state index in [0.29, 0.717) is 28.4 Å². The highest BCUT2D eigenvalue weighted by atomic mass is 79.9. The summed E-state index contributed by atoms with van der Waals surface area (Å²) in [6.07, 6.45) is -1.68. The fraction of sp³-hybridized carbons (Fsp3) is 0.231. The lowest BCUT2D eigenvalue weighted by Gasteiger charge is -2.23. The minimum absolute atomic E-state index is 0.0835. The maximum atomic E-state index is 13.8. The van der Waals surface area contributed by atoms with Gasteiger partial charge in [-0.05, 0) is 55.0 Å². The lowest BCUT2D eigenvalue weighted by Crippen LogP contribution is -2.31. The third-order valence-electron chi connectivity index (χ3n) is 5.77. The number of carbonyl (C=O) groups excluding carboxylic acids is 1. The van der Waals surface area contributed by atoms with E-state index < -0.39 is 35.8 Å². The van der Waals surface area contributed by atoms with Gasteiger partial charge in [0.05, 0.1) is 26.1 Å². The molecule has 0 unspecified atom stereocenters. The molecule has 0 bridgehead atoms. The molecule has 1 amide bonds. The van der Waals surface area contributed by atoms with Gasteiger partial charge in [-0.25, -0.2) is 13.6 Å². The molecule has 3 aromatic rings. The fourth-order valence-electron chi connectivity index (χ4n) is 4.06. The maximum absolute atomic E-state index is 13.8. The second-order valence-electron chi connectivity index (χ2n) is 8.29. The van der Waals surface area contributed by atoms with Gasteiger partial charge in [0.25, 0.3) is 0 Å². The van der Waals surface area contributed by atoms with Crippen LogP contribution in [0.25, 0.3) is 0 Å². The highest BCUT2D eigenvalue weighted by Gasteiger charge is 2.40. The smallest absolute Gasteiger partial charge is 0.411 e. The zero-order valence-electron chi connectivity index (χ0n) is 19.3. The second-order valence-corrected chi connectivity index (χ2v) is 9.20. The van der Waals surface area contributed by atoms with Crippen LogP contribution in [0.4, 0.5) is 13.6 Å². The molecule has 0 saturated carbocycles. The van der Waals surface area contributed by atoms with Crippen LogP contribution in [0.1, 0.15) is 29.7 Å². The molecular formula is C26H22BrF2NO6. The molecule has 3 aromatic carbocycles. The first-order valence-electron chi connectivity index (χ1n) is 10.9. The molecule has 4 rings (SSSR count). The van der Waals surface area contributed by atoms with E-state index in [4.69, 9.17) is 19.3 Å². The molecule has 0 radical (unpaired) electrons. The van der Waals surface area contributed by atoms with Crippen LogP contribution in [-0.2, 0) is 22.5 Å². The molecule has 7 nitrogen and oxygen atoms in total. The van der Waals surface area contributed by atoms with Gasteiger partial charge in [-0.2, -0.15) is 0 Å². The van der Waals surface area contributed by atoms with Crippen LogP contribution >= 0.6 is 15.9 Å². The van der Waals surface area contributed by atoms with Crippen LogP contribution in [0.3, 0.4) is 0 Å². The summed E-state index contributed by atoms with van der Waals surface area (Å²) in [5, 5.41) is 9.12. The van der Waals surface area contributed by atoms with Gasteiger partial charge in [0.2, 0.25) is 0 Å². The summed E-state index contributed by atoms with van der Waals surface area (Å²) in [4.78, 5) is 25.3. The first-order chi connectivity index (χ1) is 17.1. The Morgan fingerprint density at radius 2 is 1.75 bits per heavy atom. The summed E-state index contributed by atoms with van der Waals surface area (Å²) in [6, 6.07) is 12.6. The SMILES string of the molecule is COc1ccc(CC(=O)O)cc1Oc1ccc(Br)cc1CN1C(=O)O[C@@H](c2cc(F)cc(F)c2)[C@H]1C. The minimum Gasteiger partial charge on any atom is -0.493 e. The van der Waals surface area contributed by atoms with E-state index in [9.17, 15) is 18.4 Å². The predicted octanol–water partition coefficient (Wildman–Crippen LogP) is 6.24. The number of ether oxygens (including phenoxy) is 3. The predicted molar refractivity (Wildman–Crippen MR) is 129 cm³/mol. The van der Waals surface area contributed by atoms with Crippen LogP contribution < -0.4 is 9.47 Å². The molecule has 36 heavy (non-hydrogen) atoms. The lowest BCUT2D eigenvalue weighted by atomic mass is 10.0. The van der Waals surface area contributed by atoms with Crippen LogP contribution in [0.5, 0.6) is 17.2 Å². The van der Waals surface area contributed by atoms with Crippen LogP contribution in [0.2, 0.25) is 0 Å². The molecule has 1 aliphatic heterocycles. The maximum Gasteiger partial charge on any atom is 0.411 e. The zero-order chi connectivity index (χ0) is 26.0. The third kappa shape index (κ3) is 5.59. The van der Waals surface area contributed by atoms with E-state index in [0.717, 1.165) is 22.7 Å². The van der Waals surface area contributed by atoms with Crippen molar-refractivity contribution in [1.82, 2.24) is 4.90 Å². The van der Waals surface area contributed by atoms with Gasteiger partial charge in [-0.15, -0.1) is 0 Å². The third-order valence-corrected chi connectivity index (χ3v) is 6.27. The molecule has 10 heteroatoms. The number of halogens is 3. The van der Waals surface area contributed by atoms with Crippen molar-refractivity contribution < 1.29 is 37.7 Å². The summed E-state index contributed by atoms with van der Waals surface area (Å²) < 4.78 is 45.2. The number of carboxylic acids is 1. The Bertz CT molecular complexity index is 1300. The van der Waals surface area contributed by atoms with Crippen molar-refractivity contribution in [3.8, 4) is 17.2 Å². The number of aliphatic carboxylic acids is 1. The lowest BCUT2D eigenvalue weighted by molar-refractivity contribution is -0.136. The molecule has 1 N–H and O–H groups in total. The monoisotopic (exact) mass is 561 g/mol. The van der Waals surface area contributed by atoms with Crippen molar-refractivity contribution in [3.05, 3.63) is 87.4 Å². The molecule has 188 valence electrons. The van der Waals surface area contributed by atoms with Gasteiger partial charge >= 0.3 is 12.1 Å². The number of benzene rings is 3. The van der Waals surface area contributed by atoms with Crippen molar-refractivity contribution in [1.29, 1.82) is 0 Å². The molecule has 1 saturated heterocycles. The molecule has 0 aliphatic carbocycles. The molecule has 1 heterocycles. The summed E-state index contributed by atoms with van der Waals surface area (Å²) in [5.41, 5.74) is 1.37. The van der Waals surface area contributed by atoms with Crippen molar-refractivity contribution in [2.24, 2.45) is 0 Å². The Hall–Kier alpha value is -3.66. The number of hydrogen-bond donors (Lipinski definition) is 1. The van der Waals surface area contributed by atoms with E-state index in [2.05, 4.69) is 15.9 Å². The van der Waals surface area contributed by atoms with Crippen molar-refractivity contribution in [3.63, 3.8) is 0 Å². The Labute approximate surface area is 214 Å². The number of carbonyl (C=O) groups is 2. The molecule has 1 aliphatic rings. The quantitative estimate of drug-likeness (QED) is 0.350. The number of cyclic esters (lactones) is 1. The van der Waals surface area contributed by atoms with E-state index in [1.165, 1.54) is 12.0 Å². The van der Waals surface area contributed by atoms with E-state index in [1.54, 1.807) is 43.3 Å². The number of methoxy groups -OCH3 is 1. The zero-order valence-corrected chi connectivity index (χ0v) is 20.9. The average Bonchev–Trinajstić information content (AvgIpc) is 3.08. The molecule has 2 atom stereocenters. The summed E-state index contributed by atoms with van der Waals surface area (Å²) >= 11 is 3.43. The Morgan fingerprint density at radius 3 is 2.42 bits per heavy atom. The number of carboxylic acid groups (broad SMARTS) is 1. The Balaban J connectivity index is 1.62. The van der Waals surface area contributed by atoms with Crippen molar-refractivity contribution in [2.75, 3.05) is 7.11 Å². The molecule has 1 fully saturated rings. The fourth-order valence-corrected chi connectivity index (χ4v) is 4.47. The van der Waals surface area contributed by atoms with Crippen molar-refractivity contribution in [2.45, 2.75) is 32.0 Å². The molecule has 0 spiro atoms. The normalized spacial score (nSPS) is 17.1. The van der Waals surface area contributed by atoms with E-state index in [1.807, 2.05) is 0 Å². The van der Waals surface area contributed by atoms with Crippen LogP contribution in [-0.4, -0.2) is 35.2 Å². The van der Waals surface area contributed by atoms with E-state index in [-0.39, 0.29) is 18.5 Å². The van der Waals surface area contributed by atoms with Gasteiger partial charge in [0.1, 0.15) is 23.5 Å². The summed E-state index contributed by atoms with van der Waals surface area (Å²) in [5.74, 6) is -1.37. The molecule has 0 aromatic heterocycles. The van der Waals surface area contributed by atoms with Gasteiger partial charge in [-0.1, -0.05) is 22.0 Å². The topological polar surface area (TPSA) is 85.3 Å². The minimum atomic E-state index is -0.982. The first-order valence-corrected chi connectivity index (χ1v) is 11.7. The van der Waals surface area contributed by atoms with Crippen LogP contribution in [0.15, 0.2) is 59.1 Å². The number of amides is 1. The van der Waals surface area contributed by atoms with E-state index >= 15 is 0 Å². The highest BCUT2D eigenvalue weighted by molar-refractivity contribution is 9.10.